The van der Waals surface area contributed by atoms with Crippen LogP contribution in [0.4, 0.5) is 5.69 Å². The summed E-state index contributed by atoms with van der Waals surface area (Å²) in [4.78, 5) is 20.7. The van der Waals surface area contributed by atoms with E-state index >= 15 is 0 Å². The lowest BCUT2D eigenvalue weighted by molar-refractivity contribution is -0.123. The summed E-state index contributed by atoms with van der Waals surface area (Å²) in [6.07, 6.45) is 3.80. The minimum Gasteiger partial charge on any atom is -0.424 e. The first-order chi connectivity index (χ1) is 12.2. The van der Waals surface area contributed by atoms with Crippen molar-refractivity contribution >= 4 is 11.6 Å². The van der Waals surface area contributed by atoms with Crippen LogP contribution >= 0.6 is 0 Å². The van der Waals surface area contributed by atoms with Crippen LogP contribution in [0.5, 0.6) is 11.8 Å². The van der Waals surface area contributed by atoms with Crippen molar-refractivity contribution in [2.75, 3.05) is 5.32 Å². The van der Waals surface area contributed by atoms with Gasteiger partial charge in [0.1, 0.15) is 5.75 Å². The summed E-state index contributed by atoms with van der Waals surface area (Å²) >= 11 is 0. The lowest BCUT2D eigenvalue weighted by atomic mass is 9.78. The number of benzene rings is 1. The summed E-state index contributed by atoms with van der Waals surface area (Å²) in [6.45, 7) is 10.0. The minimum atomic E-state index is -0.115. The molecule has 1 aromatic carbocycles. The molecule has 1 aromatic heterocycles. The van der Waals surface area contributed by atoms with Gasteiger partial charge in [0.05, 0.1) is 29.7 Å². The third-order valence-electron chi connectivity index (χ3n) is 4.17. The smallest absolute Gasteiger partial charge is 0.322 e. The van der Waals surface area contributed by atoms with Crippen LogP contribution < -0.4 is 10.1 Å². The summed E-state index contributed by atoms with van der Waals surface area (Å²) in [5.74, 6) is 0.444. The van der Waals surface area contributed by atoms with Crippen LogP contribution in [0.3, 0.4) is 0 Å². The van der Waals surface area contributed by atoms with E-state index in [2.05, 4.69) is 21.4 Å². The van der Waals surface area contributed by atoms with E-state index < -0.39 is 0 Å². The number of nitrogens with zero attached hydrogens (tertiary/aromatic N) is 3. The van der Waals surface area contributed by atoms with E-state index in [-0.39, 0.29) is 23.3 Å². The maximum Gasteiger partial charge on any atom is 0.322 e. The van der Waals surface area contributed by atoms with Crippen molar-refractivity contribution in [3.8, 4) is 17.8 Å². The summed E-state index contributed by atoms with van der Waals surface area (Å²) in [5.41, 5.74) is 1.80. The van der Waals surface area contributed by atoms with Crippen molar-refractivity contribution < 1.29 is 9.53 Å². The number of rotatable bonds is 5. The van der Waals surface area contributed by atoms with E-state index in [1.165, 1.54) is 12.4 Å². The van der Waals surface area contributed by atoms with Crippen molar-refractivity contribution in [2.45, 2.75) is 41.0 Å². The maximum absolute atomic E-state index is 12.4. The normalized spacial score (nSPS) is 12.2. The molecule has 26 heavy (non-hydrogen) atoms. The maximum atomic E-state index is 12.4. The fraction of sp³-hybridized carbons (Fsp3) is 0.400. The molecule has 6 heteroatoms. The Morgan fingerprint density at radius 1 is 1.31 bits per heavy atom. The number of anilines is 1. The Labute approximate surface area is 154 Å². The molecule has 1 amide bonds. The van der Waals surface area contributed by atoms with Gasteiger partial charge in [-0.25, -0.2) is 9.97 Å². The standard InChI is InChI=1S/C20H24N4O2/c1-6-16(20(3,4)5)18(25)24-15-11-22-19(23-12-15)26-17-8-7-14(10-21)9-13(17)2/h7-9,11-12,16H,6H2,1-5H3,(H,24,25). The molecular formula is C20H24N4O2. The quantitative estimate of drug-likeness (QED) is 0.858. The van der Waals surface area contributed by atoms with Crippen LogP contribution in [0, 0.1) is 29.6 Å². The Hall–Kier alpha value is -2.94. The first-order valence-corrected chi connectivity index (χ1v) is 8.56. The highest BCUT2D eigenvalue weighted by molar-refractivity contribution is 5.92. The van der Waals surface area contributed by atoms with E-state index in [0.29, 0.717) is 17.0 Å². The SMILES string of the molecule is CCC(C(=O)Nc1cnc(Oc2ccc(C#N)cc2C)nc1)C(C)(C)C. The molecule has 0 fully saturated rings. The van der Waals surface area contributed by atoms with Gasteiger partial charge in [-0.3, -0.25) is 4.79 Å². The first kappa shape index (κ1) is 19.4. The van der Waals surface area contributed by atoms with Crippen LogP contribution in [0.1, 0.15) is 45.2 Å². The number of amides is 1. The first-order valence-electron chi connectivity index (χ1n) is 8.56. The van der Waals surface area contributed by atoms with E-state index in [4.69, 9.17) is 10.00 Å². The van der Waals surface area contributed by atoms with E-state index in [0.717, 1.165) is 12.0 Å². The van der Waals surface area contributed by atoms with Crippen LogP contribution in [0.2, 0.25) is 0 Å². The van der Waals surface area contributed by atoms with Gasteiger partial charge < -0.3 is 10.1 Å². The lowest BCUT2D eigenvalue weighted by Crippen LogP contribution is -2.32. The number of carbonyl (C=O) groups is 1. The average molecular weight is 352 g/mol. The van der Waals surface area contributed by atoms with E-state index in [9.17, 15) is 4.79 Å². The predicted molar refractivity (Wildman–Crippen MR) is 99.9 cm³/mol. The average Bonchev–Trinajstić information content (AvgIpc) is 2.57. The number of nitriles is 1. The van der Waals surface area contributed by atoms with E-state index in [1.807, 2.05) is 34.6 Å². The summed E-state index contributed by atoms with van der Waals surface area (Å²) in [7, 11) is 0. The Balaban J connectivity index is 2.07. The zero-order valence-electron chi connectivity index (χ0n) is 15.8. The van der Waals surface area contributed by atoms with Gasteiger partial charge in [-0.05, 0) is 42.5 Å². The van der Waals surface area contributed by atoms with Gasteiger partial charge in [-0.1, -0.05) is 27.7 Å². The highest BCUT2D eigenvalue weighted by atomic mass is 16.5. The topological polar surface area (TPSA) is 87.9 Å². The van der Waals surface area contributed by atoms with Crippen molar-refractivity contribution in [1.82, 2.24) is 9.97 Å². The Bertz CT molecular complexity index is 817. The second-order valence-corrected chi connectivity index (χ2v) is 7.26. The number of aryl methyl sites for hydroxylation is 1. The third kappa shape index (κ3) is 4.79. The van der Waals surface area contributed by atoms with Crippen molar-refractivity contribution in [3.63, 3.8) is 0 Å². The molecule has 1 unspecified atom stereocenters. The van der Waals surface area contributed by atoms with E-state index in [1.54, 1.807) is 18.2 Å². The van der Waals surface area contributed by atoms with Gasteiger partial charge in [0, 0.05) is 5.92 Å². The number of ether oxygens (including phenoxy) is 1. The number of hydrogen-bond acceptors (Lipinski definition) is 5. The molecule has 136 valence electrons. The van der Waals surface area contributed by atoms with Gasteiger partial charge in [0.2, 0.25) is 5.91 Å². The van der Waals surface area contributed by atoms with Crippen LogP contribution in [-0.2, 0) is 4.79 Å². The summed E-state index contributed by atoms with van der Waals surface area (Å²) < 4.78 is 5.65. The predicted octanol–water partition coefficient (Wildman–Crippen LogP) is 4.46. The molecule has 0 saturated heterocycles. The van der Waals surface area contributed by atoms with Crippen molar-refractivity contribution in [1.29, 1.82) is 5.26 Å². The second-order valence-electron chi connectivity index (χ2n) is 7.26. The Kier molecular flexibility index (Phi) is 5.93. The number of nitrogens with one attached hydrogen (secondary N) is 1. The highest BCUT2D eigenvalue weighted by Crippen LogP contribution is 2.30. The van der Waals surface area contributed by atoms with Gasteiger partial charge in [0.25, 0.3) is 0 Å². The molecule has 0 aliphatic heterocycles. The van der Waals surface area contributed by atoms with Gasteiger partial charge in [-0.15, -0.1) is 0 Å². The van der Waals surface area contributed by atoms with Crippen LogP contribution in [0.25, 0.3) is 0 Å². The molecule has 2 aromatic rings. The summed E-state index contributed by atoms with van der Waals surface area (Å²) in [6, 6.07) is 7.38. The van der Waals surface area contributed by atoms with Crippen molar-refractivity contribution in [2.24, 2.45) is 11.3 Å². The minimum absolute atomic E-state index is 0.0415. The molecule has 0 aliphatic rings. The zero-order valence-corrected chi connectivity index (χ0v) is 15.8. The molecule has 0 radical (unpaired) electrons. The fourth-order valence-electron chi connectivity index (χ4n) is 2.79. The van der Waals surface area contributed by atoms with Gasteiger partial charge >= 0.3 is 6.01 Å². The van der Waals surface area contributed by atoms with Crippen molar-refractivity contribution in [3.05, 3.63) is 41.7 Å². The zero-order chi connectivity index (χ0) is 19.3. The number of aromatic nitrogens is 2. The molecule has 6 nitrogen and oxygen atoms in total. The molecular weight excluding hydrogens is 328 g/mol. The molecule has 0 aliphatic carbocycles. The molecule has 0 bridgehead atoms. The molecule has 2 rings (SSSR count). The molecule has 0 saturated carbocycles. The Morgan fingerprint density at radius 3 is 2.46 bits per heavy atom. The molecule has 1 N–H and O–H groups in total. The lowest BCUT2D eigenvalue weighted by Gasteiger charge is -2.28. The number of carbonyl (C=O) groups excluding carboxylic acids is 1. The van der Waals surface area contributed by atoms with Crippen LogP contribution in [-0.4, -0.2) is 15.9 Å². The van der Waals surface area contributed by atoms with Gasteiger partial charge in [-0.2, -0.15) is 5.26 Å². The highest BCUT2D eigenvalue weighted by Gasteiger charge is 2.29. The van der Waals surface area contributed by atoms with Gasteiger partial charge in [0.15, 0.2) is 0 Å². The number of hydrogen-bond donors (Lipinski definition) is 1. The monoisotopic (exact) mass is 352 g/mol. The third-order valence-corrected chi connectivity index (χ3v) is 4.17. The fourth-order valence-corrected chi connectivity index (χ4v) is 2.79. The largest absolute Gasteiger partial charge is 0.424 e. The molecule has 0 spiro atoms. The molecule has 1 heterocycles. The second kappa shape index (κ2) is 7.96. The van der Waals surface area contributed by atoms with Crippen LogP contribution in [0.15, 0.2) is 30.6 Å². The Morgan fingerprint density at radius 2 is 1.96 bits per heavy atom. The molecule has 1 atom stereocenters. The summed E-state index contributed by atoms with van der Waals surface area (Å²) in [5, 5.41) is 11.8.